The summed E-state index contributed by atoms with van der Waals surface area (Å²) in [5.74, 6) is 4.75. The van der Waals surface area contributed by atoms with Crippen LogP contribution in [0.5, 0.6) is 0 Å². The molecule has 0 aromatic rings. The Labute approximate surface area is 83.7 Å². The molecule has 6 nitrogen and oxygen atoms in total. The maximum atomic E-state index is 10.4. The summed E-state index contributed by atoms with van der Waals surface area (Å²) in [5, 5.41) is 0. The molecule has 1 amide bonds. The first-order valence-electron chi connectivity index (χ1n) is 4.12. The second kappa shape index (κ2) is 8.31. The predicted molar refractivity (Wildman–Crippen MR) is 51.2 cm³/mol. The third-order valence-electron chi connectivity index (χ3n) is 0.751. The highest BCUT2D eigenvalue weighted by Crippen LogP contribution is 2.05. The highest BCUT2D eigenvalue weighted by Gasteiger charge is 2.14. The largest absolute Gasteiger partial charge is 0.468 e. The summed E-state index contributed by atoms with van der Waals surface area (Å²) in [6.07, 6.45) is -0.609. The zero-order chi connectivity index (χ0) is 11.6. The standard InChI is InChI=1S/C5H12N2O2.C3H6O2/c1-5(2,3)9-4(8)7-6;1-2-5-3-4/h6H2,1-3H3,(H,7,8);3H,2H2,1H3. The van der Waals surface area contributed by atoms with Crippen LogP contribution in [0.3, 0.4) is 0 Å². The molecular formula is C8H18N2O4. The van der Waals surface area contributed by atoms with Crippen LogP contribution in [0.1, 0.15) is 27.7 Å². The lowest BCUT2D eigenvalue weighted by Gasteiger charge is -2.18. The molecule has 0 aromatic carbocycles. The Morgan fingerprint density at radius 2 is 2.00 bits per heavy atom. The van der Waals surface area contributed by atoms with Crippen molar-refractivity contribution in [3.63, 3.8) is 0 Å². The Morgan fingerprint density at radius 1 is 1.50 bits per heavy atom. The van der Waals surface area contributed by atoms with Crippen LogP contribution in [0.15, 0.2) is 0 Å². The fourth-order valence-corrected chi connectivity index (χ4v) is 0.376. The van der Waals surface area contributed by atoms with Crippen LogP contribution >= 0.6 is 0 Å². The second-order valence-electron chi connectivity index (χ2n) is 3.20. The number of amides is 1. The summed E-state index contributed by atoms with van der Waals surface area (Å²) in [6.45, 7) is 7.96. The molecule has 0 spiro atoms. The minimum Gasteiger partial charge on any atom is -0.468 e. The summed E-state index contributed by atoms with van der Waals surface area (Å²) in [5.41, 5.74) is 1.39. The Kier molecular flexibility index (Phi) is 9.01. The third-order valence-corrected chi connectivity index (χ3v) is 0.751. The molecule has 0 aromatic heterocycles. The first-order chi connectivity index (χ1) is 6.37. The van der Waals surface area contributed by atoms with Crippen LogP contribution in [0, 0.1) is 0 Å². The predicted octanol–water partition coefficient (Wildman–Crippen LogP) is 0.564. The molecule has 0 rings (SSSR count). The second-order valence-corrected chi connectivity index (χ2v) is 3.20. The van der Waals surface area contributed by atoms with Gasteiger partial charge in [0.1, 0.15) is 5.60 Å². The van der Waals surface area contributed by atoms with E-state index in [1.54, 1.807) is 27.7 Å². The molecule has 0 radical (unpaired) electrons. The molecule has 0 heterocycles. The molecule has 3 N–H and O–H groups in total. The molecule has 0 aliphatic rings. The molecule has 0 bridgehead atoms. The van der Waals surface area contributed by atoms with Gasteiger partial charge in [0.25, 0.3) is 6.47 Å². The molecule has 0 aliphatic carbocycles. The van der Waals surface area contributed by atoms with Crippen LogP contribution in [-0.4, -0.2) is 24.8 Å². The molecule has 0 saturated carbocycles. The number of carbonyl (C=O) groups is 2. The van der Waals surface area contributed by atoms with E-state index in [2.05, 4.69) is 4.74 Å². The first kappa shape index (κ1) is 15.2. The highest BCUT2D eigenvalue weighted by molar-refractivity contribution is 5.66. The third kappa shape index (κ3) is 17.0. The van der Waals surface area contributed by atoms with Gasteiger partial charge in [-0.25, -0.2) is 10.6 Å². The Morgan fingerprint density at radius 3 is 2.07 bits per heavy atom. The van der Waals surface area contributed by atoms with Gasteiger partial charge < -0.3 is 9.47 Å². The average molecular weight is 206 g/mol. The molecule has 0 atom stereocenters. The number of hydrogen-bond acceptors (Lipinski definition) is 5. The van der Waals surface area contributed by atoms with Gasteiger partial charge in [-0.15, -0.1) is 0 Å². The lowest BCUT2D eigenvalue weighted by molar-refractivity contribution is -0.128. The Balaban J connectivity index is 0. The molecule has 14 heavy (non-hydrogen) atoms. The molecular weight excluding hydrogens is 188 g/mol. The van der Waals surface area contributed by atoms with Crippen LogP contribution in [0.25, 0.3) is 0 Å². The summed E-state index contributed by atoms with van der Waals surface area (Å²) in [4.78, 5) is 19.6. The molecule has 84 valence electrons. The van der Waals surface area contributed by atoms with Crippen molar-refractivity contribution < 1.29 is 19.1 Å². The van der Waals surface area contributed by atoms with Gasteiger partial charge in [-0.2, -0.15) is 0 Å². The normalized spacial score (nSPS) is 9.21. The van der Waals surface area contributed by atoms with E-state index in [0.29, 0.717) is 13.1 Å². The fourth-order valence-electron chi connectivity index (χ4n) is 0.376. The van der Waals surface area contributed by atoms with Gasteiger partial charge in [-0.3, -0.25) is 10.2 Å². The summed E-state index contributed by atoms with van der Waals surface area (Å²) >= 11 is 0. The molecule has 0 saturated heterocycles. The van der Waals surface area contributed by atoms with E-state index in [-0.39, 0.29) is 0 Å². The van der Waals surface area contributed by atoms with E-state index in [9.17, 15) is 9.59 Å². The van der Waals surface area contributed by atoms with Gasteiger partial charge >= 0.3 is 6.09 Å². The van der Waals surface area contributed by atoms with Gasteiger partial charge in [-0.05, 0) is 27.7 Å². The lowest BCUT2D eigenvalue weighted by Crippen LogP contribution is -2.36. The first-order valence-corrected chi connectivity index (χ1v) is 4.12. The van der Waals surface area contributed by atoms with Crippen molar-refractivity contribution in [2.75, 3.05) is 6.61 Å². The summed E-state index contributed by atoms with van der Waals surface area (Å²) < 4.78 is 8.86. The van der Waals surface area contributed by atoms with E-state index >= 15 is 0 Å². The Bertz CT molecular complexity index is 165. The van der Waals surface area contributed by atoms with Gasteiger partial charge in [-0.1, -0.05) is 0 Å². The molecule has 6 heteroatoms. The number of rotatable bonds is 2. The van der Waals surface area contributed by atoms with Crippen LogP contribution in [-0.2, 0) is 14.3 Å². The van der Waals surface area contributed by atoms with Crippen LogP contribution in [0.2, 0.25) is 0 Å². The van der Waals surface area contributed by atoms with Crippen LogP contribution in [0.4, 0.5) is 4.79 Å². The minimum absolute atomic E-state index is 0.431. The number of hydrazine groups is 1. The monoisotopic (exact) mass is 206 g/mol. The zero-order valence-electron chi connectivity index (χ0n) is 8.99. The topological polar surface area (TPSA) is 90.7 Å². The molecule has 0 fully saturated rings. The van der Waals surface area contributed by atoms with Crippen LogP contribution < -0.4 is 11.3 Å². The van der Waals surface area contributed by atoms with Crippen molar-refractivity contribution in [3.05, 3.63) is 0 Å². The number of nitrogens with two attached hydrogens (primary N) is 1. The smallest absolute Gasteiger partial charge is 0.421 e. The zero-order valence-corrected chi connectivity index (χ0v) is 8.99. The highest BCUT2D eigenvalue weighted by atomic mass is 16.6. The summed E-state index contributed by atoms with van der Waals surface area (Å²) in [7, 11) is 0. The quantitative estimate of drug-likeness (QED) is 0.298. The molecule has 0 unspecified atom stereocenters. The van der Waals surface area contributed by atoms with Gasteiger partial charge in [0, 0.05) is 0 Å². The van der Waals surface area contributed by atoms with Crippen molar-refractivity contribution in [1.82, 2.24) is 5.43 Å². The van der Waals surface area contributed by atoms with Crippen molar-refractivity contribution in [1.29, 1.82) is 0 Å². The number of nitrogens with one attached hydrogen (secondary N) is 1. The number of carbonyl (C=O) groups excluding carboxylic acids is 2. The van der Waals surface area contributed by atoms with Gasteiger partial charge in [0.15, 0.2) is 0 Å². The van der Waals surface area contributed by atoms with Crippen molar-refractivity contribution in [2.24, 2.45) is 5.84 Å². The van der Waals surface area contributed by atoms with Crippen molar-refractivity contribution in [2.45, 2.75) is 33.3 Å². The molecule has 0 aliphatic heterocycles. The van der Waals surface area contributed by atoms with Crippen molar-refractivity contribution in [3.8, 4) is 0 Å². The Hall–Kier alpha value is -1.30. The fraction of sp³-hybridized carbons (Fsp3) is 0.750. The maximum absolute atomic E-state index is 10.4. The van der Waals surface area contributed by atoms with Gasteiger partial charge in [0.05, 0.1) is 6.61 Å². The van der Waals surface area contributed by atoms with E-state index in [1.807, 2.05) is 5.43 Å². The lowest BCUT2D eigenvalue weighted by atomic mass is 10.2. The van der Waals surface area contributed by atoms with E-state index in [1.165, 1.54) is 0 Å². The van der Waals surface area contributed by atoms with E-state index in [4.69, 9.17) is 10.6 Å². The van der Waals surface area contributed by atoms with E-state index < -0.39 is 11.7 Å². The number of ether oxygens (including phenoxy) is 2. The SMILES string of the molecule is CC(C)(C)OC(=O)NN.CCOC=O. The van der Waals surface area contributed by atoms with Crippen molar-refractivity contribution >= 4 is 12.6 Å². The van der Waals surface area contributed by atoms with Gasteiger partial charge in [0.2, 0.25) is 0 Å². The number of hydrogen-bond donors (Lipinski definition) is 2. The summed E-state index contributed by atoms with van der Waals surface area (Å²) in [6, 6.07) is 0. The maximum Gasteiger partial charge on any atom is 0.421 e. The average Bonchev–Trinajstić information content (AvgIpc) is 2.04. The van der Waals surface area contributed by atoms with E-state index in [0.717, 1.165) is 0 Å². The minimum atomic E-state index is -0.609.